The third-order valence-corrected chi connectivity index (χ3v) is 9.18. The largest absolute Gasteiger partial charge is 0.354 e. The van der Waals surface area contributed by atoms with E-state index in [0.717, 1.165) is 27.4 Å². The number of carbonyl (C=O) groups is 2. The summed E-state index contributed by atoms with van der Waals surface area (Å²) in [5.41, 5.74) is 3.65. The molecule has 0 aromatic heterocycles. The van der Waals surface area contributed by atoms with Crippen molar-refractivity contribution in [1.29, 1.82) is 0 Å². The molecule has 0 spiro atoms. The lowest BCUT2D eigenvalue weighted by atomic mass is 10.1. The number of hydrogen-bond acceptors (Lipinski definition) is 4. The van der Waals surface area contributed by atoms with Crippen molar-refractivity contribution in [2.45, 2.75) is 64.9 Å². The lowest BCUT2D eigenvalue weighted by Crippen LogP contribution is -2.52. The molecule has 3 aromatic carbocycles. The molecule has 0 heterocycles. The van der Waals surface area contributed by atoms with Crippen LogP contribution in [-0.2, 0) is 26.2 Å². The van der Waals surface area contributed by atoms with Crippen molar-refractivity contribution in [3.8, 4) is 0 Å². The number of anilines is 1. The minimum Gasteiger partial charge on any atom is -0.354 e. The molecule has 0 aliphatic rings. The van der Waals surface area contributed by atoms with Crippen LogP contribution in [0.1, 0.15) is 48.9 Å². The zero-order chi connectivity index (χ0) is 30.3. The van der Waals surface area contributed by atoms with E-state index in [2.05, 4.69) is 5.32 Å². The second-order valence-electron chi connectivity index (χ2n) is 10.2. The van der Waals surface area contributed by atoms with Crippen LogP contribution < -0.4 is 9.62 Å². The normalized spacial score (nSPS) is 12.1. The molecule has 0 fully saturated rings. The maximum Gasteiger partial charge on any atom is 0.264 e. The molecule has 3 aromatic rings. The summed E-state index contributed by atoms with van der Waals surface area (Å²) in [6.45, 7) is 9.37. The van der Waals surface area contributed by atoms with Gasteiger partial charge in [-0.3, -0.25) is 13.9 Å². The van der Waals surface area contributed by atoms with Crippen molar-refractivity contribution >= 4 is 50.7 Å². The van der Waals surface area contributed by atoms with E-state index >= 15 is 0 Å². The first-order valence-corrected chi connectivity index (χ1v) is 15.8. The van der Waals surface area contributed by atoms with Gasteiger partial charge in [-0.15, -0.1) is 0 Å². The minimum absolute atomic E-state index is 0.0407. The number of hydrogen-bond donors (Lipinski definition) is 1. The van der Waals surface area contributed by atoms with Gasteiger partial charge >= 0.3 is 0 Å². The highest BCUT2D eigenvalue weighted by molar-refractivity contribution is 7.92. The number of amides is 2. The van der Waals surface area contributed by atoms with E-state index in [1.54, 1.807) is 42.5 Å². The Bertz CT molecular complexity index is 1470. The van der Waals surface area contributed by atoms with Crippen molar-refractivity contribution in [3.63, 3.8) is 0 Å². The second kappa shape index (κ2) is 14.2. The fourth-order valence-electron chi connectivity index (χ4n) is 4.58. The van der Waals surface area contributed by atoms with Gasteiger partial charge in [-0.2, -0.15) is 0 Å². The van der Waals surface area contributed by atoms with Gasteiger partial charge in [0.05, 0.1) is 20.6 Å². The third kappa shape index (κ3) is 8.24. The van der Waals surface area contributed by atoms with Crippen LogP contribution in [0.3, 0.4) is 0 Å². The molecule has 0 aliphatic carbocycles. The standard InChI is InChI=1S/C31H37Cl2N3O4S/c1-6-14-34-31(38)29(7-2)35(19-24-10-13-27(32)28(33)18-24)30(37)20-36(25-16-22(4)15-23(5)17-25)41(39,40)26-11-8-21(3)9-12-26/h8-13,15-18,29H,6-7,14,19-20H2,1-5H3,(H,34,38)/t29-/m0/s1. The summed E-state index contributed by atoms with van der Waals surface area (Å²) in [6.07, 6.45) is 1.06. The summed E-state index contributed by atoms with van der Waals surface area (Å²) in [7, 11) is -4.14. The van der Waals surface area contributed by atoms with Crippen molar-refractivity contribution in [2.24, 2.45) is 0 Å². The minimum atomic E-state index is -4.14. The first-order chi connectivity index (χ1) is 19.4. The molecule has 0 bridgehead atoms. The van der Waals surface area contributed by atoms with Crippen molar-refractivity contribution in [2.75, 3.05) is 17.4 Å². The molecule has 0 aliphatic heterocycles. The van der Waals surface area contributed by atoms with Gasteiger partial charge in [-0.1, -0.05) is 66.9 Å². The highest BCUT2D eigenvalue weighted by Gasteiger charge is 2.33. The molecule has 41 heavy (non-hydrogen) atoms. The predicted octanol–water partition coefficient (Wildman–Crippen LogP) is 6.45. The Morgan fingerprint density at radius 1 is 0.854 bits per heavy atom. The average Bonchev–Trinajstić information content (AvgIpc) is 2.91. The first-order valence-electron chi connectivity index (χ1n) is 13.6. The molecule has 0 saturated heterocycles. The molecule has 3 rings (SSSR count). The van der Waals surface area contributed by atoms with Gasteiger partial charge in [0, 0.05) is 13.1 Å². The molecular formula is C31H37Cl2N3O4S. The molecule has 10 heteroatoms. The van der Waals surface area contributed by atoms with Crippen LogP contribution in [0.5, 0.6) is 0 Å². The number of sulfonamides is 1. The van der Waals surface area contributed by atoms with Crippen LogP contribution in [0.15, 0.2) is 65.6 Å². The SMILES string of the molecule is CCCNC(=O)[C@H](CC)N(Cc1ccc(Cl)c(Cl)c1)C(=O)CN(c1cc(C)cc(C)c1)S(=O)(=O)c1ccc(C)cc1. The third-order valence-electron chi connectivity index (χ3n) is 6.65. The van der Waals surface area contributed by atoms with E-state index in [1.165, 1.54) is 17.0 Å². The number of rotatable bonds is 12. The van der Waals surface area contributed by atoms with Gasteiger partial charge in [0.15, 0.2) is 0 Å². The van der Waals surface area contributed by atoms with Gasteiger partial charge in [0.2, 0.25) is 11.8 Å². The Morgan fingerprint density at radius 3 is 2.05 bits per heavy atom. The van der Waals surface area contributed by atoms with Crippen molar-refractivity contribution in [1.82, 2.24) is 10.2 Å². The van der Waals surface area contributed by atoms with Gasteiger partial charge in [-0.05, 0) is 86.7 Å². The fraction of sp³-hybridized carbons (Fsp3) is 0.355. The maximum absolute atomic E-state index is 14.1. The van der Waals surface area contributed by atoms with Crippen LogP contribution in [0, 0.1) is 20.8 Å². The lowest BCUT2D eigenvalue weighted by Gasteiger charge is -2.33. The topological polar surface area (TPSA) is 86.8 Å². The van der Waals surface area contributed by atoms with Gasteiger partial charge < -0.3 is 10.2 Å². The van der Waals surface area contributed by atoms with E-state index in [9.17, 15) is 18.0 Å². The quantitative estimate of drug-likeness (QED) is 0.253. The van der Waals surface area contributed by atoms with Crippen LogP contribution in [0.4, 0.5) is 5.69 Å². The molecule has 0 unspecified atom stereocenters. The Kier molecular flexibility index (Phi) is 11.2. The zero-order valence-corrected chi connectivity index (χ0v) is 26.4. The molecule has 1 N–H and O–H groups in total. The van der Waals surface area contributed by atoms with Crippen LogP contribution in [0.2, 0.25) is 10.0 Å². The first kappa shape index (κ1) is 32.4. The average molecular weight is 619 g/mol. The van der Waals surface area contributed by atoms with Crippen molar-refractivity contribution < 1.29 is 18.0 Å². The van der Waals surface area contributed by atoms with Gasteiger partial charge in [0.25, 0.3) is 10.0 Å². The number of nitrogens with one attached hydrogen (secondary N) is 1. The maximum atomic E-state index is 14.1. The van der Waals surface area contributed by atoms with Crippen LogP contribution in [0.25, 0.3) is 0 Å². The van der Waals surface area contributed by atoms with E-state index < -0.39 is 28.5 Å². The van der Waals surface area contributed by atoms with E-state index in [1.807, 2.05) is 40.7 Å². The van der Waals surface area contributed by atoms with Crippen LogP contribution in [-0.4, -0.2) is 44.3 Å². The second-order valence-corrected chi connectivity index (χ2v) is 12.8. The van der Waals surface area contributed by atoms with Crippen LogP contribution >= 0.6 is 23.2 Å². The Hall–Kier alpha value is -3.07. The summed E-state index contributed by atoms with van der Waals surface area (Å²) in [5, 5.41) is 3.56. The predicted molar refractivity (Wildman–Crippen MR) is 166 cm³/mol. The zero-order valence-electron chi connectivity index (χ0n) is 24.1. The molecule has 7 nitrogen and oxygen atoms in total. The fourth-order valence-corrected chi connectivity index (χ4v) is 6.30. The summed E-state index contributed by atoms with van der Waals surface area (Å²) in [5.74, 6) is -0.827. The molecule has 0 radical (unpaired) electrons. The number of aryl methyl sites for hydroxylation is 3. The number of benzene rings is 3. The number of nitrogens with zero attached hydrogens (tertiary/aromatic N) is 2. The van der Waals surface area contributed by atoms with E-state index in [-0.39, 0.29) is 17.3 Å². The summed E-state index contributed by atoms with van der Waals surface area (Å²) < 4.78 is 29.2. The summed E-state index contributed by atoms with van der Waals surface area (Å²) >= 11 is 12.4. The van der Waals surface area contributed by atoms with Gasteiger partial charge in [0.1, 0.15) is 12.6 Å². The van der Waals surface area contributed by atoms with Crippen molar-refractivity contribution in [3.05, 3.63) is 93.0 Å². The molecule has 1 atom stereocenters. The number of halogens is 2. The summed E-state index contributed by atoms with van der Waals surface area (Å²) in [4.78, 5) is 28.8. The monoisotopic (exact) mass is 617 g/mol. The van der Waals surface area contributed by atoms with E-state index in [4.69, 9.17) is 23.2 Å². The Morgan fingerprint density at radius 2 is 1.49 bits per heavy atom. The smallest absolute Gasteiger partial charge is 0.264 e. The molecule has 0 saturated carbocycles. The number of carbonyl (C=O) groups excluding carboxylic acids is 2. The summed E-state index contributed by atoms with van der Waals surface area (Å²) in [6, 6.07) is 16.1. The molecule has 2 amide bonds. The lowest BCUT2D eigenvalue weighted by molar-refractivity contribution is -0.140. The highest BCUT2D eigenvalue weighted by atomic mass is 35.5. The van der Waals surface area contributed by atoms with Gasteiger partial charge in [-0.25, -0.2) is 8.42 Å². The van der Waals surface area contributed by atoms with E-state index in [0.29, 0.717) is 34.3 Å². The Labute approximate surface area is 253 Å². The Balaban J connectivity index is 2.10. The molecule has 220 valence electrons. The highest BCUT2D eigenvalue weighted by Crippen LogP contribution is 2.28. The molecular weight excluding hydrogens is 581 g/mol.